The summed E-state index contributed by atoms with van der Waals surface area (Å²) in [6.07, 6.45) is 8.92. The Hall–Kier alpha value is -1.25. The molecule has 2 unspecified atom stereocenters. The number of hydrogen-bond acceptors (Lipinski definition) is 3. The van der Waals surface area contributed by atoms with Crippen molar-refractivity contribution in [1.29, 1.82) is 0 Å². The molecule has 3 rings (SSSR count). The van der Waals surface area contributed by atoms with Crippen LogP contribution in [-0.2, 0) is 0 Å². The van der Waals surface area contributed by atoms with Gasteiger partial charge in [0.05, 0.1) is 0 Å². The fourth-order valence-electron chi connectivity index (χ4n) is 3.47. The first-order valence-corrected chi connectivity index (χ1v) is 6.79. The van der Waals surface area contributed by atoms with Crippen LogP contribution in [0.1, 0.15) is 32.1 Å². The third-order valence-electron chi connectivity index (χ3n) is 4.42. The molecule has 2 heterocycles. The second-order valence-corrected chi connectivity index (χ2v) is 5.48. The quantitative estimate of drug-likeness (QED) is 0.808. The van der Waals surface area contributed by atoms with Gasteiger partial charge in [-0.15, -0.1) is 0 Å². The predicted octanol–water partition coefficient (Wildman–Crippen LogP) is 2.68. The number of rotatable bonds is 1. The van der Waals surface area contributed by atoms with Crippen LogP contribution in [0.15, 0.2) is 18.3 Å². The van der Waals surface area contributed by atoms with Crippen LogP contribution in [0.4, 0.5) is 11.5 Å². The molecule has 2 N–H and O–H groups in total. The summed E-state index contributed by atoms with van der Waals surface area (Å²) < 4.78 is 0. The summed E-state index contributed by atoms with van der Waals surface area (Å²) in [7, 11) is 0. The molecular weight excluding hydrogens is 210 g/mol. The first kappa shape index (κ1) is 10.9. The van der Waals surface area contributed by atoms with E-state index in [1.54, 1.807) is 0 Å². The van der Waals surface area contributed by atoms with Crippen molar-refractivity contribution in [2.24, 2.45) is 11.8 Å². The first-order chi connectivity index (χ1) is 8.33. The van der Waals surface area contributed by atoms with E-state index in [1.165, 1.54) is 50.9 Å². The van der Waals surface area contributed by atoms with E-state index < -0.39 is 0 Å². The van der Waals surface area contributed by atoms with E-state index in [-0.39, 0.29) is 0 Å². The van der Waals surface area contributed by atoms with Crippen LogP contribution in [0.2, 0.25) is 0 Å². The number of nitrogens with zero attached hydrogens (tertiary/aromatic N) is 2. The fraction of sp³-hybridized carbons (Fsp3) is 0.643. The van der Waals surface area contributed by atoms with Gasteiger partial charge in [-0.25, -0.2) is 4.98 Å². The predicted molar refractivity (Wildman–Crippen MR) is 70.9 cm³/mol. The number of nitrogens with two attached hydrogens (primary N) is 1. The number of hydrogen-bond donors (Lipinski definition) is 1. The molecule has 1 saturated heterocycles. The van der Waals surface area contributed by atoms with Gasteiger partial charge in [-0.3, -0.25) is 0 Å². The van der Waals surface area contributed by atoms with Crippen LogP contribution < -0.4 is 10.6 Å². The molecule has 1 aliphatic heterocycles. The average molecular weight is 231 g/mol. The molecule has 1 aromatic rings. The van der Waals surface area contributed by atoms with Gasteiger partial charge in [-0.05, 0) is 30.7 Å². The molecule has 2 atom stereocenters. The van der Waals surface area contributed by atoms with Gasteiger partial charge >= 0.3 is 0 Å². The van der Waals surface area contributed by atoms with Crippen molar-refractivity contribution < 1.29 is 0 Å². The smallest absolute Gasteiger partial charge is 0.125 e. The number of nitrogen functional groups attached to an aromatic ring is 1. The van der Waals surface area contributed by atoms with E-state index >= 15 is 0 Å². The molecule has 3 heteroatoms. The minimum absolute atomic E-state index is 0.633. The van der Waals surface area contributed by atoms with E-state index in [4.69, 9.17) is 5.73 Å². The van der Waals surface area contributed by atoms with Crippen molar-refractivity contribution >= 4 is 11.5 Å². The van der Waals surface area contributed by atoms with Gasteiger partial charge in [0, 0.05) is 31.0 Å². The van der Waals surface area contributed by atoms with Crippen LogP contribution in [0, 0.1) is 11.8 Å². The summed E-state index contributed by atoms with van der Waals surface area (Å²) in [5.74, 6) is 2.53. The molecule has 1 aliphatic carbocycles. The van der Waals surface area contributed by atoms with Gasteiger partial charge in [0.2, 0.25) is 0 Å². The van der Waals surface area contributed by atoms with Gasteiger partial charge in [0.15, 0.2) is 0 Å². The number of anilines is 2. The summed E-state index contributed by atoms with van der Waals surface area (Å²) in [6, 6.07) is 4.09. The van der Waals surface area contributed by atoms with Crippen LogP contribution in [0.5, 0.6) is 0 Å². The summed E-state index contributed by atoms with van der Waals surface area (Å²) in [4.78, 5) is 6.56. The lowest BCUT2D eigenvalue weighted by Crippen LogP contribution is -2.41. The highest BCUT2D eigenvalue weighted by Gasteiger charge is 2.31. The van der Waals surface area contributed by atoms with Gasteiger partial charge in [-0.1, -0.05) is 19.3 Å². The molecule has 1 saturated carbocycles. The summed E-state index contributed by atoms with van der Waals surface area (Å²) in [5.41, 5.74) is 7.01. The molecular formula is C14H21N3. The van der Waals surface area contributed by atoms with Crippen molar-refractivity contribution in [2.75, 3.05) is 23.7 Å². The minimum Gasteiger partial charge on any atom is -0.384 e. The highest BCUT2D eigenvalue weighted by atomic mass is 15.1. The summed E-state index contributed by atoms with van der Waals surface area (Å²) in [5, 5.41) is 0. The first-order valence-electron chi connectivity index (χ1n) is 6.79. The highest BCUT2D eigenvalue weighted by Crippen LogP contribution is 2.37. The lowest BCUT2D eigenvalue weighted by molar-refractivity contribution is 0.202. The van der Waals surface area contributed by atoms with Crippen molar-refractivity contribution in [3.8, 4) is 0 Å². The molecule has 0 spiro atoms. The number of fused-ring (bicyclic) bond motifs is 1. The normalized spacial score (nSPS) is 28.8. The Labute approximate surface area is 103 Å². The molecule has 2 aliphatic rings. The lowest BCUT2D eigenvalue weighted by atomic mass is 9.75. The summed E-state index contributed by atoms with van der Waals surface area (Å²) in [6.45, 7) is 2.40. The zero-order chi connectivity index (χ0) is 11.7. The highest BCUT2D eigenvalue weighted by molar-refractivity contribution is 5.52. The number of piperidine rings is 1. The monoisotopic (exact) mass is 231 g/mol. The van der Waals surface area contributed by atoms with Gasteiger partial charge in [0.1, 0.15) is 5.82 Å². The molecule has 0 bridgehead atoms. The lowest BCUT2D eigenvalue weighted by Gasteiger charge is -2.42. The van der Waals surface area contributed by atoms with Gasteiger partial charge < -0.3 is 10.6 Å². The molecule has 0 aromatic carbocycles. The maximum absolute atomic E-state index is 5.76. The maximum Gasteiger partial charge on any atom is 0.125 e. The Bertz CT molecular complexity index is 391. The van der Waals surface area contributed by atoms with Crippen LogP contribution in [0.25, 0.3) is 0 Å². The van der Waals surface area contributed by atoms with Crippen molar-refractivity contribution in [3.63, 3.8) is 0 Å². The second kappa shape index (κ2) is 4.55. The minimum atomic E-state index is 0.633. The molecule has 17 heavy (non-hydrogen) atoms. The largest absolute Gasteiger partial charge is 0.384 e. The van der Waals surface area contributed by atoms with Crippen LogP contribution >= 0.6 is 0 Å². The van der Waals surface area contributed by atoms with Gasteiger partial charge in [0.25, 0.3) is 0 Å². The van der Waals surface area contributed by atoms with E-state index in [0.717, 1.165) is 11.8 Å². The third-order valence-corrected chi connectivity index (χ3v) is 4.42. The van der Waals surface area contributed by atoms with Crippen molar-refractivity contribution in [3.05, 3.63) is 18.3 Å². The zero-order valence-electron chi connectivity index (χ0n) is 10.3. The molecule has 2 fully saturated rings. The third kappa shape index (κ3) is 2.24. The average Bonchev–Trinajstić information content (AvgIpc) is 2.38. The van der Waals surface area contributed by atoms with E-state index in [0.29, 0.717) is 5.82 Å². The Morgan fingerprint density at radius 2 is 2.00 bits per heavy atom. The molecule has 3 nitrogen and oxygen atoms in total. The van der Waals surface area contributed by atoms with E-state index in [2.05, 4.69) is 16.0 Å². The van der Waals surface area contributed by atoms with E-state index in [9.17, 15) is 0 Å². The topological polar surface area (TPSA) is 42.1 Å². The molecule has 1 aromatic heterocycles. The van der Waals surface area contributed by atoms with Crippen molar-refractivity contribution in [2.45, 2.75) is 32.1 Å². The standard InChI is InChI=1S/C14H21N3/c15-14-9-13(5-7-16-14)17-8-6-11-3-1-2-4-12(11)10-17/h5,7,9,11-12H,1-4,6,8,10H2,(H2,15,16). The SMILES string of the molecule is Nc1cc(N2CCC3CCCCC3C2)ccn1. The Morgan fingerprint density at radius 3 is 2.82 bits per heavy atom. The number of pyridine rings is 1. The molecule has 0 radical (unpaired) electrons. The van der Waals surface area contributed by atoms with Crippen molar-refractivity contribution in [1.82, 2.24) is 4.98 Å². The Balaban J connectivity index is 1.73. The van der Waals surface area contributed by atoms with Gasteiger partial charge in [-0.2, -0.15) is 0 Å². The Kier molecular flexibility index (Phi) is 2.91. The van der Waals surface area contributed by atoms with E-state index in [1.807, 2.05) is 12.3 Å². The zero-order valence-corrected chi connectivity index (χ0v) is 10.3. The maximum atomic E-state index is 5.76. The van der Waals surface area contributed by atoms with Crippen LogP contribution in [-0.4, -0.2) is 18.1 Å². The van der Waals surface area contributed by atoms with Crippen LogP contribution in [0.3, 0.4) is 0 Å². The molecule has 92 valence electrons. The fourth-order valence-corrected chi connectivity index (χ4v) is 3.47. The second-order valence-electron chi connectivity index (χ2n) is 5.48. The molecule has 0 amide bonds. The summed E-state index contributed by atoms with van der Waals surface area (Å²) >= 11 is 0. The Morgan fingerprint density at radius 1 is 1.18 bits per heavy atom. The number of aromatic nitrogens is 1.